The number of urea groups is 1. The average Bonchev–Trinajstić information content (AvgIpc) is 2.67. The van der Waals surface area contributed by atoms with E-state index in [2.05, 4.69) is 30.8 Å². The minimum Gasteiger partial charge on any atom is -0.356 e. The zero-order valence-electron chi connectivity index (χ0n) is 16.1. The van der Waals surface area contributed by atoms with E-state index < -0.39 is 0 Å². The van der Waals surface area contributed by atoms with Crippen LogP contribution in [0.15, 0.2) is 30.3 Å². The van der Waals surface area contributed by atoms with Crippen molar-refractivity contribution in [2.75, 3.05) is 41.7 Å². The number of aryl methyl sites for hydroxylation is 2. The topological polar surface area (TPSA) is 82.2 Å². The molecule has 0 saturated carbocycles. The van der Waals surface area contributed by atoms with Crippen LogP contribution in [0.1, 0.15) is 30.5 Å². The molecule has 1 aliphatic heterocycles. The molecular formula is C20H28N6O. The fourth-order valence-electron chi connectivity index (χ4n) is 3.15. The highest BCUT2D eigenvalue weighted by Gasteiger charge is 2.13. The molecule has 27 heavy (non-hydrogen) atoms. The van der Waals surface area contributed by atoms with Crippen LogP contribution < -0.4 is 20.9 Å². The van der Waals surface area contributed by atoms with Crippen molar-refractivity contribution in [3.05, 3.63) is 41.6 Å². The summed E-state index contributed by atoms with van der Waals surface area (Å²) in [7, 11) is 0. The predicted octanol–water partition coefficient (Wildman–Crippen LogP) is 3.32. The number of amides is 2. The van der Waals surface area contributed by atoms with Crippen LogP contribution in [0.5, 0.6) is 0 Å². The molecule has 3 rings (SSSR count). The lowest BCUT2D eigenvalue weighted by atomic mass is 10.1. The number of rotatable bonds is 6. The van der Waals surface area contributed by atoms with Gasteiger partial charge in [0.25, 0.3) is 0 Å². The monoisotopic (exact) mass is 368 g/mol. The molecule has 0 spiro atoms. The van der Waals surface area contributed by atoms with Gasteiger partial charge in [0.15, 0.2) is 0 Å². The number of piperidine rings is 1. The molecule has 2 amide bonds. The third kappa shape index (κ3) is 5.57. The summed E-state index contributed by atoms with van der Waals surface area (Å²) in [5.74, 6) is 1.59. The predicted molar refractivity (Wildman–Crippen MR) is 110 cm³/mol. The van der Waals surface area contributed by atoms with Gasteiger partial charge in [-0.05, 0) is 44.7 Å². The van der Waals surface area contributed by atoms with Crippen molar-refractivity contribution in [3.8, 4) is 0 Å². The van der Waals surface area contributed by atoms with Gasteiger partial charge >= 0.3 is 6.03 Å². The van der Waals surface area contributed by atoms with Crippen LogP contribution in [0.2, 0.25) is 0 Å². The van der Waals surface area contributed by atoms with Crippen molar-refractivity contribution in [3.63, 3.8) is 0 Å². The Labute approximate surface area is 160 Å². The first-order valence-corrected chi connectivity index (χ1v) is 9.57. The van der Waals surface area contributed by atoms with E-state index in [1.165, 1.54) is 19.3 Å². The lowest BCUT2D eigenvalue weighted by Gasteiger charge is -2.28. The SMILES string of the molecule is Cc1cc(N2CCCCC2)nc(NCCNC(=O)Nc2ccccc2C)n1. The molecule has 1 aromatic carbocycles. The number of hydrogen-bond acceptors (Lipinski definition) is 5. The van der Waals surface area contributed by atoms with Gasteiger partial charge in [0.1, 0.15) is 5.82 Å². The first-order valence-electron chi connectivity index (χ1n) is 9.57. The molecule has 1 aliphatic rings. The maximum atomic E-state index is 12.0. The van der Waals surface area contributed by atoms with Gasteiger partial charge in [-0.2, -0.15) is 4.98 Å². The Balaban J connectivity index is 1.46. The molecule has 1 aromatic heterocycles. The van der Waals surface area contributed by atoms with Crippen molar-refractivity contribution < 1.29 is 4.79 Å². The molecular weight excluding hydrogens is 340 g/mol. The van der Waals surface area contributed by atoms with Crippen molar-refractivity contribution >= 4 is 23.5 Å². The highest BCUT2D eigenvalue weighted by atomic mass is 16.2. The molecule has 2 aromatic rings. The van der Waals surface area contributed by atoms with Gasteiger partial charge in [-0.1, -0.05) is 18.2 Å². The summed E-state index contributed by atoms with van der Waals surface area (Å²) in [6, 6.07) is 9.51. The van der Waals surface area contributed by atoms with Gasteiger partial charge in [-0.25, -0.2) is 9.78 Å². The van der Waals surface area contributed by atoms with Gasteiger partial charge in [-0.3, -0.25) is 0 Å². The molecule has 1 fully saturated rings. The molecule has 2 heterocycles. The van der Waals surface area contributed by atoms with Gasteiger partial charge in [0.2, 0.25) is 5.95 Å². The van der Waals surface area contributed by atoms with Crippen LogP contribution in [0.3, 0.4) is 0 Å². The summed E-state index contributed by atoms with van der Waals surface area (Å²) < 4.78 is 0. The number of benzene rings is 1. The molecule has 0 unspecified atom stereocenters. The second-order valence-electron chi connectivity index (χ2n) is 6.86. The van der Waals surface area contributed by atoms with Crippen molar-refractivity contribution in [1.82, 2.24) is 15.3 Å². The fourth-order valence-corrected chi connectivity index (χ4v) is 3.15. The van der Waals surface area contributed by atoms with Gasteiger partial charge < -0.3 is 20.9 Å². The van der Waals surface area contributed by atoms with E-state index in [4.69, 9.17) is 0 Å². The van der Waals surface area contributed by atoms with Gasteiger partial charge in [0, 0.05) is 43.6 Å². The standard InChI is InChI=1S/C20H28N6O/c1-15-8-4-5-9-17(15)24-20(27)22-11-10-21-19-23-16(2)14-18(25-19)26-12-6-3-7-13-26/h4-5,8-9,14H,3,6-7,10-13H2,1-2H3,(H,21,23,25)(H2,22,24,27). The minimum absolute atomic E-state index is 0.217. The van der Waals surface area contributed by atoms with Gasteiger partial charge in [-0.15, -0.1) is 0 Å². The summed E-state index contributed by atoms with van der Waals surface area (Å²) in [6.45, 7) is 7.09. The van der Waals surface area contributed by atoms with Crippen molar-refractivity contribution in [1.29, 1.82) is 0 Å². The van der Waals surface area contributed by atoms with E-state index in [9.17, 15) is 4.79 Å². The van der Waals surface area contributed by atoms with Crippen LogP contribution in [-0.2, 0) is 0 Å². The lowest BCUT2D eigenvalue weighted by Crippen LogP contribution is -2.33. The first-order chi connectivity index (χ1) is 13.1. The molecule has 7 heteroatoms. The smallest absolute Gasteiger partial charge is 0.319 e. The lowest BCUT2D eigenvalue weighted by molar-refractivity contribution is 0.252. The first kappa shape index (κ1) is 18.9. The summed E-state index contributed by atoms with van der Waals surface area (Å²) in [4.78, 5) is 23.4. The van der Waals surface area contributed by atoms with E-state index in [0.717, 1.165) is 35.9 Å². The Morgan fingerprint density at radius 1 is 1.07 bits per heavy atom. The van der Waals surface area contributed by atoms with E-state index in [-0.39, 0.29) is 6.03 Å². The largest absolute Gasteiger partial charge is 0.356 e. The average molecular weight is 368 g/mol. The summed E-state index contributed by atoms with van der Waals surface area (Å²) in [5, 5.41) is 8.90. The zero-order chi connectivity index (χ0) is 19.1. The Morgan fingerprint density at radius 2 is 1.85 bits per heavy atom. The van der Waals surface area contributed by atoms with E-state index in [1.54, 1.807) is 0 Å². The van der Waals surface area contributed by atoms with Gasteiger partial charge in [0.05, 0.1) is 0 Å². The zero-order valence-corrected chi connectivity index (χ0v) is 16.1. The number of hydrogen-bond donors (Lipinski definition) is 3. The highest BCUT2D eigenvalue weighted by molar-refractivity contribution is 5.90. The molecule has 3 N–H and O–H groups in total. The van der Waals surface area contributed by atoms with Crippen LogP contribution in [0.4, 0.5) is 22.2 Å². The summed E-state index contributed by atoms with van der Waals surface area (Å²) in [5.41, 5.74) is 2.79. The van der Waals surface area contributed by atoms with E-state index in [1.807, 2.05) is 44.2 Å². The van der Waals surface area contributed by atoms with Crippen LogP contribution >= 0.6 is 0 Å². The minimum atomic E-state index is -0.217. The number of carbonyl (C=O) groups is 1. The quantitative estimate of drug-likeness (QED) is 0.682. The maximum absolute atomic E-state index is 12.0. The fraction of sp³-hybridized carbons (Fsp3) is 0.450. The molecule has 1 saturated heterocycles. The molecule has 144 valence electrons. The third-order valence-electron chi connectivity index (χ3n) is 4.61. The maximum Gasteiger partial charge on any atom is 0.319 e. The number of carbonyl (C=O) groups excluding carboxylic acids is 1. The second-order valence-corrected chi connectivity index (χ2v) is 6.86. The summed E-state index contributed by atoms with van der Waals surface area (Å²) >= 11 is 0. The van der Waals surface area contributed by atoms with E-state index >= 15 is 0 Å². The number of aromatic nitrogens is 2. The number of nitrogens with one attached hydrogen (secondary N) is 3. The Kier molecular flexibility index (Phi) is 6.46. The van der Waals surface area contributed by atoms with Crippen molar-refractivity contribution in [2.24, 2.45) is 0 Å². The van der Waals surface area contributed by atoms with Crippen LogP contribution in [0, 0.1) is 13.8 Å². The Bertz CT molecular complexity index is 773. The summed E-state index contributed by atoms with van der Waals surface area (Å²) in [6.07, 6.45) is 3.72. The molecule has 0 aliphatic carbocycles. The van der Waals surface area contributed by atoms with Crippen LogP contribution in [0.25, 0.3) is 0 Å². The normalized spacial score (nSPS) is 13.9. The Morgan fingerprint density at radius 3 is 2.63 bits per heavy atom. The van der Waals surface area contributed by atoms with E-state index in [0.29, 0.717) is 19.0 Å². The number of para-hydroxylation sites is 1. The second kappa shape index (κ2) is 9.21. The van der Waals surface area contributed by atoms with Crippen LogP contribution in [-0.4, -0.2) is 42.2 Å². The third-order valence-corrected chi connectivity index (χ3v) is 4.61. The van der Waals surface area contributed by atoms with Crippen molar-refractivity contribution in [2.45, 2.75) is 33.1 Å². The number of nitrogens with zero attached hydrogens (tertiary/aromatic N) is 3. The highest BCUT2D eigenvalue weighted by Crippen LogP contribution is 2.19. The Hall–Kier alpha value is -2.83. The molecule has 0 radical (unpaired) electrons. The number of anilines is 3. The molecule has 7 nitrogen and oxygen atoms in total. The molecule has 0 bridgehead atoms. The molecule has 0 atom stereocenters.